The quantitative estimate of drug-likeness (QED) is 0.585. The lowest BCUT2D eigenvalue weighted by molar-refractivity contribution is -0.371. The average molecular weight is 180 g/mol. The summed E-state index contributed by atoms with van der Waals surface area (Å²) in [5, 5.41) is 9.00. The van der Waals surface area contributed by atoms with Gasteiger partial charge in [0.05, 0.1) is 5.56 Å². The van der Waals surface area contributed by atoms with Crippen molar-refractivity contribution in [2.45, 2.75) is 6.17 Å². The van der Waals surface area contributed by atoms with Crippen LogP contribution in [0.2, 0.25) is 0 Å². The van der Waals surface area contributed by atoms with Gasteiger partial charge >= 0.3 is 5.90 Å². The van der Waals surface area contributed by atoms with E-state index in [0.29, 0.717) is 5.69 Å². The maximum Gasteiger partial charge on any atom is 0.381 e. The highest BCUT2D eigenvalue weighted by molar-refractivity contribution is 6.14. The number of nitrogens with one attached hydrogen (secondary N) is 1. The summed E-state index contributed by atoms with van der Waals surface area (Å²) in [4.78, 5) is 13.6. The smallest absolute Gasteiger partial charge is 0.381 e. The van der Waals surface area contributed by atoms with Gasteiger partial charge in [0.25, 0.3) is 6.17 Å². The molecule has 2 rings (SSSR count). The molecule has 1 aromatic carbocycles. The molecule has 1 aliphatic heterocycles. The number of Topliss-reactive ketones (excluding diaryl/α,β-unsaturated/α-hetero) is 1. The Hall–Kier alpha value is -1.71. The topological polar surface area (TPSA) is 51.3 Å². The lowest BCUT2D eigenvalue weighted by atomic mass is 10.0. The molecule has 0 amide bonds. The van der Waals surface area contributed by atoms with Crippen molar-refractivity contribution in [3.8, 4) is 0 Å². The monoisotopic (exact) mass is 180 g/mol. The van der Waals surface area contributed by atoms with Gasteiger partial charge in [0, 0.05) is 6.07 Å². The van der Waals surface area contributed by atoms with E-state index >= 15 is 0 Å². The van der Waals surface area contributed by atoms with Crippen molar-refractivity contribution in [3.05, 3.63) is 29.8 Å². The fraction of sp³-hybridized carbons (Fsp3) is 0.111. The van der Waals surface area contributed by atoms with Crippen LogP contribution in [-0.4, -0.2) is 23.0 Å². The molecule has 1 atom stereocenters. The summed E-state index contributed by atoms with van der Waals surface area (Å²) < 4.78 is 13.0. The second-order valence-corrected chi connectivity index (χ2v) is 2.78. The van der Waals surface area contributed by atoms with Crippen molar-refractivity contribution >= 4 is 17.4 Å². The van der Waals surface area contributed by atoms with Crippen LogP contribution < -0.4 is 4.99 Å². The Kier molecular flexibility index (Phi) is 1.62. The van der Waals surface area contributed by atoms with Gasteiger partial charge in [0.1, 0.15) is 0 Å². The SMILES string of the molecule is O=C1c2ccccc2[NH+]=C(O)[C@H]1F. The van der Waals surface area contributed by atoms with E-state index in [0.717, 1.165) is 0 Å². The first-order valence-electron chi connectivity index (χ1n) is 3.80. The molecular formula is C9H7FNO2+. The second-order valence-electron chi connectivity index (χ2n) is 2.78. The molecule has 1 aromatic rings. The lowest BCUT2D eigenvalue weighted by Gasteiger charge is -2.07. The predicted molar refractivity (Wildman–Crippen MR) is 43.9 cm³/mol. The van der Waals surface area contributed by atoms with Crippen molar-refractivity contribution in [1.82, 2.24) is 0 Å². The minimum atomic E-state index is -1.95. The lowest BCUT2D eigenvalue weighted by Crippen LogP contribution is -2.72. The minimum Gasteiger partial charge on any atom is -0.461 e. The molecule has 0 saturated carbocycles. The van der Waals surface area contributed by atoms with Gasteiger partial charge in [-0.05, 0) is 6.07 Å². The summed E-state index contributed by atoms with van der Waals surface area (Å²) in [6, 6.07) is 6.47. The van der Waals surface area contributed by atoms with Crippen LogP contribution in [0.4, 0.5) is 10.1 Å². The standard InChI is InChI=1S/C9H6FNO2/c10-7-8(12)5-3-1-2-4-6(5)11-9(7)13/h1-4,7H,(H,11,13)/p+1/t7-/m0/s1. The Morgan fingerprint density at radius 3 is 2.85 bits per heavy atom. The molecule has 1 aliphatic rings. The van der Waals surface area contributed by atoms with Crippen LogP contribution in [0, 0.1) is 0 Å². The van der Waals surface area contributed by atoms with Crippen LogP contribution in [0.15, 0.2) is 24.3 Å². The summed E-state index contributed by atoms with van der Waals surface area (Å²) in [5.74, 6) is -1.34. The molecule has 0 aromatic heterocycles. The number of carbonyl (C=O) groups excluding carboxylic acids is 1. The number of benzene rings is 1. The number of aliphatic hydroxyl groups excluding tert-OH is 1. The average Bonchev–Trinajstić information content (AvgIpc) is 2.15. The molecular weight excluding hydrogens is 173 g/mol. The van der Waals surface area contributed by atoms with E-state index in [1.165, 1.54) is 6.07 Å². The molecule has 4 heteroatoms. The number of halogens is 1. The Labute approximate surface area is 73.5 Å². The number of carbonyl (C=O) groups is 1. The van der Waals surface area contributed by atoms with E-state index in [1.54, 1.807) is 18.2 Å². The molecule has 0 unspecified atom stereocenters. The van der Waals surface area contributed by atoms with E-state index in [9.17, 15) is 9.18 Å². The normalized spacial score (nSPS) is 20.8. The molecule has 0 bridgehead atoms. The molecule has 3 nitrogen and oxygen atoms in total. The van der Waals surface area contributed by atoms with E-state index in [-0.39, 0.29) is 5.56 Å². The van der Waals surface area contributed by atoms with Crippen molar-refractivity contribution in [3.63, 3.8) is 0 Å². The maximum atomic E-state index is 13.0. The second kappa shape index (κ2) is 2.65. The van der Waals surface area contributed by atoms with Gasteiger partial charge in [-0.2, -0.15) is 4.99 Å². The summed E-state index contributed by atoms with van der Waals surface area (Å²) in [6.45, 7) is 0. The van der Waals surface area contributed by atoms with E-state index in [2.05, 4.69) is 4.99 Å². The van der Waals surface area contributed by atoms with Crippen LogP contribution in [0.5, 0.6) is 0 Å². The fourth-order valence-electron chi connectivity index (χ4n) is 1.27. The number of hydrogen-bond donors (Lipinski definition) is 2. The summed E-state index contributed by atoms with van der Waals surface area (Å²) >= 11 is 0. The van der Waals surface area contributed by atoms with Gasteiger partial charge in [-0.3, -0.25) is 4.79 Å². The van der Waals surface area contributed by atoms with Crippen molar-refractivity contribution in [2.24, 2.45) is 0 Å². The Morgan fingerprint density at radius 1 is 1.38 bits per heavy atom. The Morgan fingerprint density at radius 2 is 2.08 bits per heavy atom. The van der Waals surface area contributed by atoms with Crippen LogP contribution >= 0.6 is 0 Å². The Balaban J connectivity index is 2.63. The first-order chi connectivity index (χ1) is 6.20. The zero-order valence-corrected chi connectivity index (χ0v) is 6.62. The molecule has 0 saturated heterocycles. The molecule has 1 heterocycles. The van der Waals surface area contributed by atoms with Crippen LogP contribution in [0.25, 0.3) is 0 Å². The first-order valence-corrected chi connectivity index (χ1v) is 3.80. The Bertz CT molecular complexity index is 400. The van der Waals surface area contributed by atoms with Crippen LogP contribution in [-0.2, 0) is 0 Å². The number of hydrogen-bond acceptors (Lipinski definition) is 1. The van der Waals surface area contributed by atoms with E-state index in [1.807, 2.05) is 0 Å². The van der Waals surface area contributed by atoms with Gasteiger partial charge < -0.3 is 5.11 Å². The fourth-order valence-corrected chi connectivity index (χ4v) is 1.27. The number of para-hydroxylation sites is 1. The van der Waals surface area contributed by atoms with Gasteiger partial charge in [0.15, 0.2) is 0 Å². The highest BCUT2D eigenvalue weighted by atomic mass is 19.1. The zero-order chi connectivity index (χ0) is 9.42. The van der Waals surface area contributed by atoms with Crippen LogP contribution in [0.1, 0.15) is 10.4 Å². The van der Waals surface area contributed by atoms with Gasteiger partial charge in [0.2, 0.25) is 11.5 Å². The van der Waals surface area contributed by atoms with Gasteiger partial charge in [-0.15, -0.1) is 0 Å². The van der Waals surface area contributed by atoms with Crippen molar-refractivity contribution in [2.75, 3.05) is 0 Å². The largest absolute Gasteiger partial charge is 0.461 e. The number of fused-ring (bicyclic) bond motifs is 1. The third-order valence-corrected chi connectivity index (χ3v) is 1.93. The summed E-state index contributed by atoms with van der Waals surface area (Å²) in [6.07, 6.45) is -1.95. The van der Waals surface area contributed by atoms with Gasteiger partial charge in [-0.25, -0.2) is 4.39 Å². The number of aliphatic hydroxyl groups is 1. The number of alkyl halides is 1. The maximum absolute atomic E-state index is 13.0. The summed E-state index contributed by atoms with van der Waals surface area (Å²) in [5.41, 5.74) is 0.715. The van der Waals surface area contributed by atoms with E-state index in [4.69, 9.17) is 5.11 Å². The highest BCUT2D eigenvalue weighted by Crippen LogP contribution is 2.15. The van der Waals surface area contributed by atoms with Crippen LogP contribution in [0.3, 0.4) is 0 Å². The molecule has 0 radical (unpaired) electrons. The number of rotatable bonds is 0. The molecule has 0 spiro atoms. The summed E-state index contributed by atoms with van der Waals surface area (Å²) in [7, 11) is 0. The van der Waals surface area contributed by atoms with E-state index < -0.39 is 17.9 Å². The van der Waals surface area contributed by atoms with Crippen molar-refractivity contribution in [1.29, 1.82) is 0 Å². The van der Waals surface area contributed by atoms with Crippen molar-refractivity contribution < 1.29 is 19.3 Å². The third-order valence-electron chi connectivity index (χ3n) is 1.93. The molecule has 2 N–H and O–H groups in total. The third kappa shape index (κ3) is 1.11. The predicted octanol–water partition coefficient (Wildman–Crippen LogP) is -0.110. The molecule has 0 fully saturated rings. The number of ketones is 1. The minimum absolute atomic E-state index is 0.271. The molecule has 0 aliphatic carbocycles. The zero-order valence-electron chi connectivity index (χ0n) is 6.62. The molecule has 66 valence electrons. The highest BCUT2D eigenvalue weighted by Gasteiger charge is 2.36. The first kappa shape index (κ1) is 7.91. The van der Waals surface area contributed by atoms with Gasteiger partial charge in [-0.1, -0.05) is 12.1 Å². The molecule has 13 heavy (non-hydrogen) atoms.